The van der Waals surface area contributed by atoms with Crippen LogP contribution in [0.1, 0.15) is 67.2 Å². The SMILES string of the molecule is CCCC(=O)O[C@H]1C/C(C)=C\[C@@H]2OC(=O)[C@]3(C)O[C@]23[C@@H](O)[C@H]2[C@@H](C)[C@@H](O)C[C@H](OC(C)=O)[C@]2(C)[C@H]1O. The second-order valence-corrected chi connectivity index (χ2v) is 11.3. The predicted octanol–water partition coefficient (Wildman–Crippen LogP) is 1.18. The van der Waals surface area contributed by atoms with Crippen LogP contribution >= 0.6 is 0 Å². The minimum atomic E-state index is -1.44. The number of aliphatic hydroxyl groups excluding tert-OH is 3. The number of esters is 3. The molecule has 0 unspecified atom stereocenters. The number of ether oxygens (including phenoxy) is 4. The van der Waals surface area contributed by atoms with Crippen LogP contribution in [-0.2, 0) is 33.3 Å². The Morgan fingerprint density at radius 2 is 1.83 bits per heavy atom. The topological polar surface area (TPSA) is 152 Å². The number of carbonyl (C=O) groups excluding carboxylic acids is 3. The monoisotopic (exact) mass is 510 g/mol. The summed E-state index contributed by atoms with van der Waals surface area (Å²) >= 11 is 0. The fourth-order valence-electron chi connectivity index (χ4n) is 6.89. The molecule has 4 aliphatic rings. The first kappa shape index (κ1) is 27.0. The lowest BCUT2D eigenvalue weighted by Gasteiger charge is -2.56. The molecule has 0 radical (unpaired) electrons. The highest BCUT2D eigenvalue weighted by Crippen LogP contribution is 2.64. The molecule has 202 valence electrons. The number of fused-ring (bicyclic) bond motifs is 1. The van der Waals surface area contributed by atoms with E-state index in [4.69, 9.17) is 18.9 Å². The van der Waals surface area contributed by atoms with Gasteiger partial charge in [-0.25, -0.2) is 4.79 Å². The maximum Gasteiger partial charge on any atom is 0.342 e. The van der Waals surface area contributed by atoms with Gasteiger partial charge in [0.1, 0.15) is 18.3 Å². The van der Waals surface area contributed by atoms with E-state index >= 15 is 0 Å². The Morgan fingerprint density at radius 1 is 1.17 bits per heavy atom. The number of epoxide rings is 1. The van der Waals surface area contributed by atoms with Crippen LogP contribution in [0.4, 0.5) is 0 Å². The molecule has 0 amide bonds. The summed E-state index contributed by atoms with van der Waals surface area (Å²) in [5.41, 5.74) is -3.54. The highest BCUT2D eigenvalue weighted by molar-refractivity contribution is 5.88. The zero-order chi connectivity index (χ0) is 26.8. The van der Waals surface area contributed by atoms with Crippen molar-refractivity contribution in [3.05, 3.63) is 11.6 Å². The lowest BCUT2D eigenvalue weighted by Crippen LogP contribution is -2.67. The van der Waals surface area contributed by atoms with E-state index in [1.807, 2.05) is 6.92 Å². The van der Waals surface area contributed by atoms with Crippen molar-refractivity contribution in [2.24, 2.45) is 17.3 Å². The van der Waals surface area contributed by atoms with E-state index in [2.05, 4.69) is 0 Å². The van der Waals surface area contributed by atoms with Crippen molar-refractivity contribution < 1.29 is 48.7 Å². The highest BCUT2D eigenvalue weighted by atomic mass is 16.7. The molecule has 1 spiro atoms. The van der Waals surface area contributed by atoms with Crippen molar-refractivity contribution in [2.75, 3.05) is 0 Å². The fraction of sp³-hybridized carbons (Fsp3) is 0.808. The third-order valence-electron chi connectivity index (χ3n) is 8.94. The Bertz CT molecular complexity index is 962. The zero-order valence-electron chi connectivity index (χ0n) is 21.7. The van der Waals surface area contributed by atoms with E-state index in [1.165, 1.54) is 6.92 Å². The van der Waals surface area contributed by atoms with E-state index in [0.717, 1.165) is 0 Å². The molecule has 3 N–H and O–H groups in total. The van der Waals surface area contributed by atoms with Gasteiger partial charge in [-0.1, -0.05) is 26.3 Å². The van der Waals surface area contributed by atoms with E-state index in [1.54, 1.807) is 33.8 Å². The molecule has 11 atom stereocenters. The molecule has 10 nitrogen and oxygen atoms in total. The molecule has 2 saturated heterocycles. The summed E-state index contributed by atoms with van der Waals surface area (Å²) < 4.78 is 23.0. The van der Waals surface area contributed by atoms with Gasteiger partial charge in [-0.3, -0.25) is 9.59 Å². The van der Waals surface area contributed by atoms with E-state index in [0.29, 0.717) is 12.0 Å². The largest absolute Gasteiger partial charge is 0.462 e. The molecule has 0 bridgehead atoms. The summed E-state index contributed by atoms with van der Waals surface area (Å²) in [6.45, 7) is 9.80. The lowest BCUT2D eigenvalue weighted by molar-refractivity contribution is -0.235. The Kier molecular flexibility index (Phi) is 6.82. The van der Waals surface area contributed by atoms with Gasteiger partial charge < -0.3 is 34.3 Å². The number of hydrogen-bond donors (Lipinski definition) is 3. The summed E-state index contributed by atoms with van der Waals surface area (Å²) in [6.07, 6.45) is -4.18. The van der Waals surface area contributed by atoms with Gasteiger partial charge in [0.05, 0.1) is 12.2 Å². The number of hydrogen-bond acceptors (Lipinski definition) is 10. The molecule has 2 aliphatic carbocycles. The summed E-state index contributed by atoms with van der Waals surface area (Å²) in [6, 6.07) is 0. The predicted molar refractivity (Wildman–Crippen MR) is 124 cm³/mol. The molecule has 4 rings (SSSR count). The standard InChI is InChI=1S/C26H38O10/c1-7-8-19(29)34-16-9-12(2)10-18-26(25(6,36-26)23(32)35-18)22(31)20-13(3)15(28)11-17(33-14(4)27)24(20,5)21(16)30/h10,13,15-18,20-22,28,30-31H,7-9,11H2,1-6H3/b12-10-/t13-,15-,16-,17-,18-,20+,21-,22-,24-,25-,26-/m0/s1. The second kappa shape index (κ2) is 9.08. The van der Waals surface area contributed by atoms with Gasteiger partial charge in [-0.05, 0) is 32.3 Å². The van der Waals surface area contributed by atoms with Crippen molar-refractivity contribution in [1.82, 2.24) is 0 Å². The summed E-state index contributed by atoms with van der Waals surface area (Å²) in [5.74, 6) is -3.22. The minimum Gasteiger partial charge on any atom is -0.462 e. The summed E-state index contributed by atoms with van der Waals surface area (Å²) in [5, 5.41) is 34.9. The van der Waals surface area contributed by atoms with Crippen molar-refractivity contribution >= 4 is 17.9 Å². The van der Waals surface area contributed by atoms with Crippen LogP contribution in [0, 0.1) is 17.3 Å². The normalized spacial score (nSPS) is 49.4. The van der Waals surface area contributed by atoms with Crippen LogP contribution in [0.5, 0.6) is 0 Å². The summed E-state index contributed by atoms with van der Waals surface area (Å²) in [4.78, 5) is 37.4. The molecule has 2 aliphatic heterocycles. The van der Waals surface area contributed by atoms with Crippen LogP contribution in [-0.4, -0.2) is 81.1 Å². The maximum absolute atomic E-state index is 12.8. The molecular formula is C26H38O10. The molecular weight excluding hydrogens is 472 g/mol. The third-order valence-corrected chi connectivity index (χ3v) is 8.94. The van der Waals surface area contributed by atoms with Gasteiger partial charge in [-0.15, -0.1) is 0 Å². The Hall–Kier alpha value is -2.01. The van der Waals surface area contributed by atoms with Crippen molar-refractivity contribution in [3.63, 3.8) is 0 Å². The van der Waals surface area contributed by atoms with Gasteiger partial charge in [0.25, 0.3) is 0 Å². The van der Waals surface area contributed by atoms with E-state index < -0.39 is 83.0 Å². The van der Waals surface area contributed by atoms with Gasteiger partial charge in [0.15, 0.2) is 17.3 Å². The maximum atomic E-state index is 12.8. The van der Waals surface area contributed by atoms with Crippen molar-refractivity contribution in [2.45, 2.75) is 115 Å². The van der Waals surface area contributed by atoms with Crippen LogP contribution in [0.3, 0.4) is 0 Å². The van der Waals surface area contributed by atoms with Crippen LogP contribution in [0.2, 0.25) is 0 Å². The third kappa shape index (κ3) is 3.79. The van der Waals surface area contributed by atoms with Gasteiger partial charge in [0.2, 0.25) is 0 Å². The second-order valence-electron chi connectivity index (χ2n) is 11.3. The molecule has 0 aromatic rings. The van der Waals surface area contributed by atoms with Gasteiger partial charge in [0, 0.05) is 37.5 Å². The van der Waals surface area contributed by atoms with E-state index in [-0.39, 0.29) is 19.3 Å². The molecule has 2 heterocycles. The molecule has 1 saturated carbocycles. The molecule has 10 heteroatoms. The molecule has 36 heavy (non-hydrogen) atoms. The number of rotatable bonds is 4. The Morgan fingerprint density at radius 3 is 2.42 bits per heavy atom. The first-order valence-corrected chi connectivity index (χ1v) is 12.7. The fourth-order valence-corrected chi connectivity index (χ4v) is 6.89. The molecule has 3 fully saturated rings. The van der Waals surface area contributed by atoms with Crippen LogP contribution in [0.15, 0.2) is 11.6 Å². The smallest absolute Gasteiger partial charge is 0.342 e. The zero-order valence-corrected chi connectivity index (χ0v) is 21.7. The number of carbonyl (C=O) groups is 3. The molecule has 0 aromatic heterocycles. The minimum absolute atomic E-state index is 0.0198. The average Bonchev–Trinajstić information content (AvgIpc) is 3.37. The van der Waals surface area contributed by atoms with Gasteiger partial charge >= 0.3 is 17.9 Å². The summed E-state index contributed by atoms with van der Waals surface area (Å²) in [7, 11) is 0. The van der Waals surface area contributed by atoms with Crippen molar-refractivity contribution in [3.8, 4) is 0 Å². The quantitative estimate of drug-likeness (QED) is 0.217. The Labute approximate surface area is 210 Å². The molecule has 0 aromatic carbocycles. The van der Waals surface area contributed by atoms with Crippen LogP contribution in [0.25, 0.3) is 0 Å². The average molecular weight is 511 g/mol. The lowest BCUT2D eigenvalue weighted by atomic mass is 9.53. The highest BCUT2D eigenvalue weighted by Gasteiger charge is 2.86. The van der Waals surface area contributed by atoms with Crippen molar-refractivity contribution in [1.29, 1.82) is 0 Å². The van der Waals surface area contributed by atoms with E-state index in [9.17, 15) is 29.7 Å². The first-order chi connectivity index (χ1) is 16.7. The Balaban J connectivity index is 1.89. The van der Waals surface area contributed by atoms with Gasteiger partial charge in [-0.2, -0.15) is 0 Å². The van der Waals surface area contributed by atoms with Crippen LogP contribution < -0.4 is 0 Å². The number of aliphatic hydroxyl groups is 3. The first-order valence-electron chi connectivity index (χ1n) is 12.7.